The van der Waals surface area contributed by atoms with E-state index in [1.54, 1.807) is 18.1 Å². The highest BCUT2D eigenvalue weighted by molar-refractivity contribution is 9.10. The molecule has 0 aliphatic carbocycles. The highest BCUT2D eigenvalue weighted by Crippen LogP contribution is 2.39. The first-order valence-electron chi connectivity index (χ1n) is 9.89. The molecule has 0 N–H and O–H groups in total. The number of anilines is 1. The molecule has 4 heterocycles. The zero-order chi connectivity index (χ0) is 20.7. The van der Waals surface area contributed by atoms with Crippen molar-refractivity contribution in [3.63, 3.8) is 0 Å². The molecule has 1 aromatic carbocycles. The molecule has 1 amide bonds. The molecule has 3 aliphatic rings. The standard InChI is InChI=1S/C20H21BrClN5O2S/c21-14-1-3-15(4-2-14)30-26-11-17(28)27-13-20(29-18(27)12-26)6-9-25(10-7-20)16-5-8-23-19(22)24-16/h1-5,8,18H,6-7,9-13H2. The number of ether oxygens (including phenoxy) is 1. The Morgan fingerprint density at radius 3 is 2.70 bits per heavy atom. The third-order valence-corrected chi connectivity index (χ3v) is 7.57. The van der Waals surface area contributed by atoms with Gasteiger partial charge in [-0.05, 0) is 66.7 Å². The molecule has 1 spiro atoms. The van der Waals surface area contributed by atoms with Crippen LogP contribution in [-0.2, 0) is 9.53 Å². The lowest BCUT2D eigenvalue weighted by Crippen LogP contribution is -2.52. The normalized spacial score (nSPS) is 23.8. The van der Waals surface area contributed by atoms with E-state index in [-0.39, 0.29) is 23.0 Å². The van der Waals surface area contributed by atoms with Crippen LogP contribution in [-0.4, -0.2) is 69.6 Å². The Hall–Kier alpha value is -1.39. The number of hydrogen-bond acceptors (Lipinski definition) is 7. The van der Waals surface area contributed by atoms with Gasteiger partial charge in [-0.3, -0.25) is 4.79 Å². The minimum absolute atomic E-state index is 0.137. The SMILES string of the molecule is O=C1CN(Sc2ccc(Br)cc2)CC2OC3(CCN(c4ccnc(Cl)n4)CC3)CN12. The number of benzene rings is 1. The van der Waals surface area contributed by atoms with Crippen molar-refractivity contribution in [3.05, 3.63) is 46.3 Å². The lowest BCUT2D eigenvalue weighted by atomic mass is 9.91. The predicted molar refractivity (Wildman–Crippen MR) is 119 cm³/mol. The first-order valence-corrected chi connectivity index (χ1v) is 11.8. The van der Waals surface area contributed by atoms with Gasteiger partial charge >= 0.3 is 0 Å². The van der Waals surface area contributed by atoms with E-state index in [1.807, 2.05) is 23.1 Å². The van der Waals surface area contributed by atoms with Crippen LogP contribution in [0.25, 0.3) is 0 Å². The van der Waals surface area contributed by atoms with Crippen LogP contribution < -0.4 is 4.90 Å². The van der Waals surface area contributed by atoms with Gasteiger partial charge in [-0.2, -0.15) is 0 Å². The fraction of sp³-hybridized carbons (Fsp3) is 0.450. The minimum atomic E-state index is -0.272. The molecular weight excluding hydrogens is 490 g/mol. The molecule has 7 nitrogen and oxygen atoms in total. The molecule has 2 aromatic rings. The zero-order valence-corrected chi connectivity index (χ0v) is 19.4. The maximum absolute atomic E-state index is 12.8. The number of carbonyl (C=O) groups excluding carboxylic acids is 1. The Balaban J connectivity index is 1.22. The van der Waals surface area contributed by atoms with Gasteiger partial charge in [-0.25, -0.2) is 14.3 Å². The number of nitrogens with zero attached hydrogens (tertiary/aromatic N) is 5. The smallest absolute Gasteiger partial charge is 0.239 e. The molecule has 158 valence electrons. The van der Waals surface area contributed by atoms with Crippen molar-refractivity contribution in [2.75, 3.05) is 37.6 Å². The molecule has 0 radical (unpaired) electrons. The maximum atomic E-state index is 12.8. The summed E-state index contributed by atoms with van der Waals surface area (Å²) in [6.07, 6.45) is 3.20. The van der Waals surface area contributed by atoms with Crippen LogP contribution in [0.4, 0.5) is 5.82 Å². The van der Waals surface area contributed by atoms with E-state index in [9.17, 15) is 4.79 Å². The van der Waals surface area contributed by atoms with Crippen molar-refractivity contribution < 1.29 is 9.53 Å². The monoisotopic (exact) mass is 509 g/mol. The van der Waals surface area contributed by atoms with Gasteiger partial charge < -0.3 is 14.5 Å². The van der Waals surface area contributed by atoms with Crippen molar-refractivity contribution in [2.24, 2.45) is 0 Å². The van der Waals surface area contributed by atoms with E-state index in [1.165, 1.54) is 0 Å². The highest BCUT2D eigenvalue weighted by atomic mass is 79.9. The number of rotatable bonds is 3. The molecule has 3 saturated heterocycles. The fourth-order valence-electron chi connectivity index (χ4n) is 4.30. The first-order chi connectivity index (χ1) is 14.5. The van der Waals surface area contributed by atoms with Crippen LogP contribution in [0, 0.1) is 0 Å². The van der Waals surface area contributed by atoms with Gasteiger partial charge in [0.05, 0.1) is 25.2 Å². The van der Waals surface area contributed by atoms with Crippen LogP contribution in [0.2, 0.25) is 5.28 Å². The van der Waals surface area contributed by atoms with Crippen LogP contribution in [0.15, 0.2) is 45.9 Å². The molecule has 3 fully saturated rings. The second-order valence-corrected chi connectivity index (χ2v) is 10.2. The van der Waals surface area contributed by atoms with Gasteiger partial charge in [-0.1, -0.05) is 15.9 Å². The number of aromatic nitrogens is 2. The van der Waals surface area contributed by atoms with Crippen molar-refractivity contribution in [1.82, 2.24) is 19.2 Å². The molecule has 1 atom stereocenters. The summed E-state index contributed by atoms with van der Waals surface area (Å²) in [5.74, 6) is 0.978. The fourth-order valence-corrected chi connectivity index (χ4v) is 5.64. The van der Waals surface area contributed by atoms with E-state index in [0.29, 0.717) is 19.6 Å². The summed E-state index contributed by atoms with van der Waals surface area (Å²) >= 11 is 11.0. The number of piperazine rings is 1. The van der Waals surface area contributed by atoms with Gasteiger partial charge in [0.15, 0.2) is 0 Å². The molecule has 5 rings (SSSR count). The summed E-state index contributed by atoms with van der Waals surface area (Å²) in [5, 5.41) is 0.260. The van der Waals surface area contributed by atoms with Gasteiger partial charge in [0.2, 0.25) is 11.2 Å². The number of piperidine rings is 1. The second-order valence-electron chi connectivity index (χ2n) is 7.82. The van der Waals surface area contributed by atoms with Gasteiger partial charge in [0, 0.05) is 28.7 Å². The first kappa shape index (κ1) is 20.5. The van der Waals surface area contributed by atoms with Crippen LogP contribution in [0.3, 0.4) is 0 Å². The maximum Gasteiger partial charge on any atom is 0.239 e. The van der Waals surface area contributed by atoms with Gasteiger partial charge in [0.25, 0.3) is 0 Å². The van der Waals surface area contributed by atoms with Crippen molar-refractivity contribution in [3.8, 4) is 0 Å². The summed E-state index contributed by atoms with van der Waals surface area (Å²) in [4.78, 5) is 26.3. The van der Waals surface area contributed by atoms with Crippen molar-refractivity contribution in [2.45, 2.75) is 29.6 Å². The largest absolute Gasteiger partial charge is 0.356 e. The quantitative estimate of drug-likeness (QED) is 0.463. The molecule has 3 aliphatic heterocycles. The van der Waals surface area contributed by atoms with Gasteiger partial charge in [0.1, 0.15) is 12.0 Å². The van der Waals surface area contributed by atoms with Crippen molar-refractivity contribution in [1.29, 1.82) is 0 Å². The van der Waals surface area contributed by atoms with Crippen LogP contribution in [0.1, 0.15) is 12.8 Å². The van der Waals surface area contributed by atoms with Crippen LogP contribution >= 0.6 is 39.5 Å². The molecule has 0 bridgehead atoms. The molecular formula is C20H21BrClN5O2S. The van der Waals surface area contributed by atoms with E-state index >= 15 is 0 Å². The Labute approximate surface area is 193 Å². The minimum Gasteiger partial charge on any atom is -0.356 e. The summed E-state index contributed by atoms with van der Waals surface area (Å²) in [7, 11) is 0. The third-order valence-electron chi connectivity index (χ3n) is 5.84. The molecule has 30 heavy (non-hydrogen) atoms. The lowest BCUT2D eigenvalue weighted by molar-refractivity contribution is -0.144. The number of carbonyl (C=O) groups is 1. The number of amides is 1. The molecule has 1 aromatic heterocycles. The Morgan fingerprint density at radius 2 is 1.97 bits per heavy atom. The Morgan fingerprint density at radius 1 is 1.20 bits per heavy atom. The molecule has 0 saturated carbocycles. The highest BCUT2D eigenvalue weighted by Gasteiger charge is 2.50. The summed E-state index contributed by atoms with van der Waals surface area (Å²) in [6, 6.07) is 10.0. The molecule has 1 unspecified atom stereocenters. The molecule has 10 heteroatoms. The van der Waals surface area contributed by atoms with E-state index in [0.717, 1.165) is 41.1 Å². The average Bonchev–Trinajstić information content (AvgIpc) is 3.09. The number of halogens is 2. The zero-order valence-electron chi connectivity index (χ0n) is 16.2. The summed E-state index contributed by atoms with van der Waals surface area (Å²) in [6.45, 7) is 3.42. The van der Waals surface area contributed by atoms with E-state index in [2.05, 4.69) is 47.2 Å². The lowest BCUT2D eigenvalue weighted by Gasteiger charge is -2.38. The average molecular weight is 511 g/mol. The summed E-state index contributed by atoms with van der Waals surface area (Å²) < 4.78 is 9.66. The Bertz CT molecular complexity index is 941. The van der Waals surface area contributed by atoms with E-state index < -0.39 is 0 Å². The number of fused-ring (bicyclic) bond motifs is 1. The third kappa shape index (κ3) is 4.18. The second kappa shape index (κ2) is 8.27. The predicted octanol–water partition coefficient (Wildman–Crippen LogP) is 3.44. The topological polar surface area (TPSA) is 61.8 Å². The summed E-state index contributed by atoms with van der Waals surface area (Å²) in [5.41, 5.74) is -0.272. The number of hydrogen-bond donors (Lipinski definition) is 0. The van der Waals surface area contributed by atoms with Crippen molar-refractivity contribution >= 4 is 51.2 Å². The Kier molecular flexibility index (Phi) is 5.66. The van der Waals surface area contributed by atoms with Gasteiger partial charge in [-0.15, -0.1) is 0 Å². The van der Waals surface area contributed by atoms with Crippen LogP contribution in [0.5, 0.6) is 0 Å². The van der Waals surface area contributed by atoms with E-state index in [4.69, 9.17) is 16.3 Å².